The molecule has 12 rings (SSSR count). The Morgan fingerprint density at radius 1 is 0.371 bits per heavy atom. The molecule has 0 saturated heterocycles. The summed E-state index contributed by atoms with van der Waals surface area (Å²) in [5.41, 5.74) is 8.06. The van der Waals surface area contributed by atoms with Gasteiger partial charge in [-0.05, 0) is 103 Å². The Bertz CT molecular complexity index is 2890. The third-order valence-corrected chi connectivity index (χ3v) is 11.4. The van der Waals surface area contributed by atoms with Gasteiger partial charge in [-0.25, -0.2) is 9.97 Å². The van der Waals surface area contributed by atoms with Gasteiger partial charge >= 0.3 is 0 Å². The number of ether oxygens (including phenoxy) is 8. The summed E-state index contributed by atoms with van der Waals surface area (Å²) in [4.78, 5) is 16.6. The van der Waals surface area contributed by atoms with Gasteiger partial charge in [-0.15, -0.1) is 0 Å². The number of fused-ring (bicyclic) bond motifs is 4. The number of benzene rings is 6. The summed E-state index contributed by atoms with van der Waals surface area (Å²) in [6.45, 7) is 0.829. The van der Waals surface area contributed by atoms with E-state index in [-0.39, 0.29) is 27.2 Å². The highest BCUT2D eigenvalue weighted by Gasteiger charge is 2.25. The first-order valence-electron chi connectivity index (χ1n) is 19.0. The van der Waals surface area contributed by atoms with Crippen LogP contribution in [0.2, 0.25) is 20.1 Å². The number of hydrogen-bond acceptors (Lipinski definition) is 10. The first-order chi connectivity index (χ1) is 30.3. The lowest BCUT2D eigenvalue weighted by molar-refractivity contribution is 0.173. The number of aromatic nitrogens is 4. The lowest BCUT2D eigenvalue weighted by Crippen LogP contribution is -1.93. The van der Waals surface area contributed by atoms with Crippen molar-refractivity contribution in [3.63, 3.8) is 0 Å². The van der Waals surface area contributed by atoms with E-state index in [2.05, 4.69) is 9.97 Å². The van der Waals surface area contributed by atoms with Crippen LogP contribution >= 0.6 is 46.4 Å². The maximum absolute atomic E-state index is 6.45. The maximum atomic E-state index is 6.45. The number of hydrogen-bond donors (Lipinski definition) is 2. The number of imidazole rings is 2. The van der Waals surface area contributed by atoms with Crippen molar-refractivity contribution in [2.75, 3.05) is 27.2 Å². The molecular formula is C46H28Cl4N4O8. The second-order valence-electron chi connectivity index (χ2n) is 14.1. The Labute approximate surface area is 372 Å². The minimum atomic E-state index is 0.203. The molecule has 0 atom stereocenters. The van der Waals surface area contributed by atoms with E-state index in [1.54, 1.807) is 24.3 Å². The molecule has 0 spiro atoms. The zero-order valence-corrected chi connectivity index (χ0v) is 34.9. The van der Waals surface area contributed by atoms with Crippen LogP contribution in [0.4, 0.5) is 0 Å². The molecular weight excluding hydrogens is 878 g/mol. The molecule has 4 aliphatic heterocycles. The van der Waals surface area contributed by atoms with Crippen molar-refractivity contribution >= 4 is 46.4 Å². The Kier molecular flexibility index (Phi) is 9.65. The van der Waals surface area contributed by atoms with Crippen LogP contribution in [0, 0.1) is 0 Å². The van der Waals surface area contributed by atoms with Crippen LogP contribution in [0.25, 0.3) is 67.8 Å². The molecule has 2 N–H and O–H groups in total. The van der Waals surface area contributed by atoms with E-state index in [0.717, 1.165) is 56.3 Å². The smallest absolute Gasteiger partial charge is 0.231 e. The molecule has 0 fully saturated rings. The SMILES string of the molecule is Clc1cc(Cl)cc(-c2nc(-c3ccc4c(c3)OCO4)c(-c3ccc4c(c3)OCO4)[nH]2)c1.Clc1cccc(Cl)c1-c1nc(-c2ccc3c(c2)OCO3)c(-c2ccc3c(c2)OCO3)[nH]1. The van der Waals surface area contributed by atoms with Crippen LogP contribution in [0.1, 0.15) is 0 Å². The Hall–Kier alpha value is -6.70. The molecule has 16 heteroatoms. The summed E-state index contributed by atoms with van der Waals surface area (Å²) in [5, 5.41) is 2.09. The predicted octanol–water partition coefficient (Wildman–Crippen LogP) is 12.3. The fourth-order valence-electron chi connectivity index (χ4n) is 7.44. The van der Waals surface area contributed by atoms with Crippen LogP contribution < -0.4 is 37.9 Å². The average molecular weight is 907 g/mol. The molecule has 12 nitrogen and oxygen atoms in total. The second-order valence-corrected chi connectivity index (χ2v) is 15.8. The maximum Gasteiger partial charge on any atom is 0.231 e. The first kappa shape index (κ1) is 38.2. The fraction of sp³-hybridized carbons (Fsp3) is 0.0870. The van der Waals surface area contributed by atoms with E-state index in [0.29, 0.717) is 77.5 Å². The quantitative estimate of drug-likeness (QED) is 0.166. The molecule has 308 valence electrons. The van der Waals surface area contributed by atoms with Gasteiger partial charge in [0.05, 0.1) is 38.4 Å². The molecule has 0 radical (unpaired) electrons. The third-order valence-electron chi connectivity index (χ3n) is 10.4. The van der Waals surface area contributed by atoms with Gasteiger partial charge in [0, 0.05) is 37.9 Å². The lowest BCUT2D eigenvalue weighted by Gasteiger charge is -2.06. The Morgan fingerprint density at radius 2 is 0.742 bits per heavy atom. The molecule has 62 heavy (non-hydrogen) atoms. The summed E-state index contributed by atoms with van der Waals surface area (Å²) < 4.78 is 44.0. The number of rotatable bonds is 6. The molecule has 0 bridgehead atoms. The van der Waals surface area contributed by atoms with E-state index in [1.165, 1.54) is 0 Å². The molecule has 0 saturated carbocycles. The minimum absolute atomic E-state index is 0.203. The first-order valence-corrected chi connectivity index (χ1v) is 20.5. The van der Waals surface area contributed by atoms with Gasteiger partial charge in [-0.1, -0.05) is 52.5 Å². The van der Waals surface area contributed by atoms with Crippen molar-refractivity contribution in [1.29, 1.82) is 0 Å². The van der Waals surface area contributed by atoms with Crippen LogP contribution in [0.15, 0.2) is 109 Å². The zero-order valence-electron chi connectivity index (χ0n) is 31.9. The average Bonchev–Trinajstić information content (AvgIpc) is 4.14. The van der Waals surface area contributed by atoms with Crippen molar-refractivity contribution in [3.8, 4) is 114 Å². The molecule has 0 amide bonds. The number of nitrogens with zero attached hydrogens (tertiary/aromatic N) is 2. The monoisotopic (exact) mass is 904 g/mol. The normalized spacial score (nSPS) is 13.6. The van der Waals surface area contributed by atoms with Gasteiger partial charge in [0.15, 0.2) is 46.0 Å². The van der Waals surface area contributed by atoms with Gasteiger partial charge in [0.2, 0.25) is 27.2 Å². The van der Waals surface area contributed by atoms with E-state index < -0.39 is 0 Å². The lowest BCUT2D eigenvalue weighted by atomic mass is 10.0. The van der Waals surface area contributed by atoms with Crippen molar-refractivity contribution in [2.45, 2.75) is 0 Å². The van der Waals surface area contributed by atoms with Crippen LogP contribution in [0.5, 0.6) is 46.0 Å². The van der Waals surface area contributed by atoms with Gasteiger partial charge < -0.3 is 47.9 Å². The van der Waals surface area contributed by atoms with Crippen LogP contribution in [-0.2, 0) is 0 Å². The van der Waals surface area contributed by atoms with Crippen molar-refractivity contribution in [2.24, 2.45) is 0 Å². The molecule has 6 aromatic carbocycles. The molecule has 0 unspecified atom stereocenters. The van der Waals surface area contributed by atoms with Crippen molar-refractivity contribution < 1.29 is 37.9 Å². The molecule has 8 aromatic rings. The standard InChI is InChI=1S/2C23H14Cl2N2O4/c24-15-5-14(6-16(25)9-15)23-26-21(12-1-3-17-19(7-12)30-10-28-17)22(27-23)13-2-4-18-20(8-13)31-11-29-18;24-14-2-1-3-15(25)20(14)23-26-21(12-4-6-16-18(8-12)30-10-28-16)22(27-23)13-5-7-17-19(9-13)31-11-29-17/h2*1-9H,10-11H2,(H,26,27). The fourth-order valence-corrected chi connectivity index (χ4v) is 8.55. The highest BCUT2D eigenvalue weighted by atomic mass is 35.5. The zero-order chi connectivity index (χ0) is 41.9. The highest BCUT2D eigenvalue weighted by Crippen LogP contribution is 2.45. The summed E-state index contributed by atoms with van der Waals surface area (Å²) in [7, 11) is 0. The van der Waals surface area contributed by atoms with Gasteiger partial charge in [-0.3, -0.25) is 0 Å². The third kappa shape index (κ3) is 7.10. The summed E-state index contributed by atoms with van der Waals surface area (Å²) in [6, 6.07) is 33.7. The number of nitrogens with one attached hydrogen (secondary N) is 2. The second kappa shape index (κ2) is 15.6. The number of halogens is 4. The molecule has 0 aliphatic carbocycles. The van der Waals surface area contributed by atoms with E-state index in [4.69, 9.17) is 94.3 Å². The summed E-state index contributed by atoms with van der Waals surface area (Å²) in [6.07, 6.45) is 0. The highest BCUT2D eigenvalue weighted by molar-refractivity contribution is 6.39. The number of H-pyrrole nitrogens is 2. The summed E-state index contributed by atoms with van der Waals surface area (Å²) >= 11 is 25.4. The van der Waals surface area contributed by atoms with Gasteiger partial charge in [-0.2, -0.15) is 0 Å². The van der Waals surface area contributed by atoms with Crippen molar-refractivity contribution in [1.82, 2.24) is 19.9 Å². The van der Waals surface area contributed by atoms with E-state index in [9.17, 15) is 0 Å². The Balaban J connectivity index is 0.000000139. The van der Waals surface area contributed by atoms with Crippen LogP contribution in [0.3, 0.4) is 0 Å². The van der Waals surface area contributed by atoms with Crippen LogP contribution in [-0.4, -0.2) is 47.1 Å². The van der Waals surface area contributed by atoms with Crippen molar-refractivity contribution in [3.05, 3.63) is 129 Å². The van der Waals surface area contributed by atoms with Gasteiger partial charge in [0.25, 0.3) is 0 Å². The number of aromatic amines is 2. The molecule has 4 aliphatic rings. The largest absolute Gasteiger partial charge is 0.454 e. The summed E-state index contributed by atoms with van der Waals surface area (Å²) in [5.74, 6) is 6.79. The molecule has 6 heterocycles. The minimum Gasteiger partial charge on any atom is -0.454 e. The predicted molar refractivity (Wildman–Crippen MR) is 234 cm³/mol. The van der Waals surface area contributed by atoms with Gasteiger partial charge in [0.1, 0.15) is 11.6 Å². The Morgan fingerprint density at radius 3 is 1.19 bits per heavy atom. The van der Waals surface area contributed by atoms with E-state index >= 15 is 0 Å². The topological polar surface area (TPSA) is 131 Å². The molecule has 2 aromatic heterocycles. The van der Waals surface area contributed by atoms with E-state index in [1.807, 2.05) is 84.9 Å².